The van der Waals surface area contributed by atoms with Gasteiger partial charge in [0.2, 0.25) is 0 Å². The van der Waals surface area contributed by atoms with Gasteiger partial charge >= 0.3 is 0 Å². The van der Waals surface area contributed by atoms with E-state index in [0.717, 1.165) is 37.3 Å². The Kier molecular flexibility index (Phi) is 4.57. The maximum absolute atomic E-state index is 12.5. The largest absolute Gasteiger partial charge is 0.496 e. The van der Waals surface area contributed by atoms with Crippen molar-refractivity contribution in [3.05, 3.63) is 35.9 Å². The van der Waals surface area contributed by atoms with Crippen molar-refractivity contribution >= 4 is 21.7 Å². The lowest BCUT2D eigenvalue weighted by Crippen LogP contribution is -2.20. The maximum Gasteiger partial charge on any atom is 0.263 e. The van der Waals surface area contributed by atoms with Gasteiger partial charge in [0.25, 0.3) is 10.0 Å². The molecule has 1 aliphatic rings. The van der Waals surface area contributed by atoms with Gasteiger partial charge in [0.05, 0.1) is 12.0 Å². The van der Waals surface area contributed by atoms with E-state index in [0.29, 0.717) is 5.75 Å². The molecule has 3 rings (SSSR count). The van der Waals surface area contributed by atoms with Crippen molar-refractivity contribution in [2.45, 2.75) is 24.7 Å². The molecule has 24 heavy (non-hydrogen) atoms. The molecule has 0 radical (unpaired) electrons. The highest BCUT2D eigenvalue weighted by Crippen LogP contribution is 2.23. The van der Waals surface area contributed by atoms with Crippen molar-refractivity contribution in [2.24, 2.45) is 0 Å². The lowest BCUT2D eigenvalue weighted by atomic mass is 10.2. The van der Waals surface area contributed by atoms with Gasteiger partial charge in [0.1, 0.15) is 5.75 Å². The predicted molar refractivity (Wildman–Crippen MR) is 92.0 cm³/mol. The predicted octanol–water partition coefficient (Wildman–Crippen LogP) is 2.19. The highest BCUT2D eigenvalue weighted by atomic mass is 32.2. The molecule has 0 saturated carbocycles. The molecule has 1 aromatic heterocycles. The number of nitrogens with zero attached hydrogens (tertiary/aromatic N) is 3. The first kappa shape index (κ1) is 16.5. The third kappa shape index (κ3) is 3.43. The fourth-order valence-corrected chi connectivity index (χ4v) is 3.79. The molecule has 0 aliphatic carbocycles. The number of sulfonamides is 1. The van der Waals surface area contributed by atoms with Gasteiger partial charge < -0.3 is 9.64 Å². The molecule has 1 saturated heterocycles. The van der Waals surface area contributed by atoms with Crippen molar-refractivity contribution in [1.29, 1.82) is 0 Å². The van der Waals surface area contributed by atoms with Crippen molar-refractivity contribution in [3.8, 4) is 5.75 Å². The molecular weight excluding hydrogens is 328 g/mol. The summed E-state index contributed by atoms with van der Waals surface area (Å²) in [6.45, 7) is 3.72. The molecular formula is C16H20N4O3S. The Morgan fingerprint density at radius 3 is 2.46 bits per heavy atom. The van der Waals surface area contributed by atoms with Gasteiger partial charge in [0, 0.05) is 13.1 Å². The minimum Gasteiger partial charge on any atom is -0.496 e. The quantitative estimate of drug-likeness (QED) is 0.892. The first-order valence-corrected chi connectivity index (χ1v) is 9.24. The zero-order valence-corrected chi connectivity index (χ0v) is 14.5. The molecule has 0 amide bonds. The normalized spacial score (nSPS) is 14.7. The van der Waals surface area contributed by atoms with E-state index in [1.807, 2.05) is 0 Å². The standard InChI is InChI=1S/C16H20N4O3S/c1-12-11-13(5-6-14(12)23-2)24(21,22)19-15-7-8-16(18-17-15)20-9-3-4-10-20/h5-8,11H,3-4,9-10H2,1-2H3,(H,17,19). The summed E-state index contributed by atoms with van der Waals surface area (Å²) in [6, 6.07) is 8.11. The Balaban J connectivity index is 1.77. The average molecular weight is 348 g/mol. The van der Waals surface area contributed by atoms with E-state index < -0.39 is 10.0 Å². The van der Waals surface area contributed by atoms with Crippen molar-refractivity contribution in [3.63, 3.8) is 0 Å². The van der Waals surface area contributed by atoms with Gasteiger partial charge in [-0.3, -0.25) is 4.72 Å². The molecule has 1 aliphatic heterocycles. The van der Waals surface area contributed by atoms with Gasteiger partial charge in [-0.2, -0.15) is 0 Å². The number of aromatic nitrogens is 2. The number of benzene rings is 1. The third-order valence-electron chi connectivity index (χ3n) is 4.00. The third-order valence-corrected chi connectivity index (χ3v) is 5.35. The van der Waals surface area contributed by atoms with Gasteiger partial charge in [-0.1, -0.05) is 0 Å². The lowest BCUT2D eigenvalue weighted by molar-refractivity contribution is 0.411. The fraction of sp³-hybridized carbons (Fsp3) is 0.375. The van der Waals surface area contributed by atoms with Crippen LogP contribution in [0.4, 0.5) is 11.6 Å². The van der Waals surface area contributed by atoms with Crippen LogP contribution in [-0.2, 0) is 10.0 Å². The van der Waals surface area contributed by atoms with Crippen LogP contribution in [0.5, 0.6) is 5.75 Å². The van der Waals surface area contributed by atoms with E-state index in [2.05, 4.69) is 19.8 Å². The number of ether oxygens (including phenoxy) is 1. The van der Waals surface area contributed by atoms with Crippen LogP contribution in [-0.4, -0.2) is 38.8 Å². The van der Waals surface area contributed by atoms with Crippen LogP contribution in [0.2, 0.25) is 0 Å². The topological polar surface area (TPSA) is 84.4 Å². The molecule has 0 atom stereocenters. The Morgan fingerprint density at radius 2 is 1.88 bits per heavy atom. The Morgan fingerprint density at radius 1 is 1.12 bits per heavy atom. The number of aryl methyl sites for hydroxylation is 1. The molecule has 0 unspecified atom stereocenters. The van der Waals surface area contributed by atoms with Gasteiger partial charge in [-0.15, -0.1) is 10.2 Å². The van der Waals surface area contributed by atoms with E-state index in [-0.39, 0.29) is 10.7 Å². The molecule has 2 aromatic rings. The van der Waals surface area contributed by atoms with E-state index in [9.17, 15) is 8.42 Å². The molecule has 1 fully saturated rings. The highest BCUT2D eigenvalue weighted by Gasteiger charge is 2.18. The van der Waals surface area contributed by atoms with Crippen LogP contribution in [0.1, 0.15) is 18.4 Å². The minimum atomic E-state index is -3.71. The van der Waals surface area contributed by atoms with E-state index in [1.165, 1.54) is 6.07 Å². The zero-order valence-electron chi connectivity index (χ0n) is 13.7. The summed E-state index contributed by atoms with van der Waals surface area (Å²) in [5.41, 5.74) is 0.746. The zero-order chi connectivity index (χ0) is 17.2. The molecule has 2 heterocycles. The second-order valence-corrected chi connectivity index (χ2v) is 7.39. The van der Waals surface area contributed by atoms with Crippen LogP contribution >= 0.6 is 0 Å². The maximum atomic E-state index is 12.5. The summed E-state index contributed by atoms with van der Waals surface area (Å²) >= 11 is 0. The fourth-order valence-electron chi connectivity index (χ4n) is 2.71. The number of nitrogens with one attached hydrogen (secondary N) is 1. The minimum absolute atomic E-state index is 0.159. The van der Waals surface area contributed by atoms with Crippen molar-refractivity contribution < 1.29 is 13.2 Å². The van der Waals surface area contributed by atoms with Gasteiger partial charge in [-0.05, 0) is 55.7 Å². The molecule has 128 valence electrons. The summed E-state index contributed by atoms with van der Waals surface area (Å²) in [6.07, 6.45) is 2.29. The van der Waals surface area contributed by atoms with Crippen molar-refractivity contribution in [2.75, 3.05) is 29.8 Å². The second kappa shape index (κ2) is 6.64. The van der Waals surface area contributed by atoms with E-state index >= 15 is 0 Å². The average Bonchev–Trinajstić information content (AvgIpc) is 3.09. The van der Waals surface area contributed by atoms with Gasteiger partial charge in [-0.25, -0.2) is 8.42 Å². The van der Waals surface area contributed by atoms with Crippen LogP contribution < -0.4 is 14.4 Å². The number of hydrogen-bond acceptors (Lipinski definition) is 6. The van der Waals surface area contributed by atoms with Crippen LogP contribution in [0.3, 0.4) is 0 Å². The van der Waals surface area contributed by atoms with Gasteiger partial charge in [0.15, 0.2) is 11.6 Å². The summed E-state index contributed by atoms with van der Waals surface area (Å²) in [7, 11) is -2.17. The highest BCUT2D eigenvalue weighted by molar-refractivity contribution is 7.92. The van der Waals surface area contributed by atoms with Crippen molar-refractivity contribution in [1.82, 2.24) is 10.2 Å². The molecule has 8 heteroatoms. The second-order valence-electron chi connectivity index (χ2n) is 5.71. The van der Waals surface area contributed by atoms with E-state index in [1.54, 1.807) is 38.3 Å². The number of anilines is 2. The summed E-state index contributed by atoms with van der Waals surface area (Å²) < 4.78 is 32.5. The van der Waals surface area contributed by atoms with E-state index in [4.69, 9.17) is 4.74 Å². The SMILES string of the molecule is COc1ccc(S(=O)(=O)Nc2ccc(N3CCCC3)nn2)cc1C. The van der Waals surface area contributed by atoms with Crippen LogP contribution in [0.15, 0.2) is 35.2 Å². The summed E-state index contributed by atoms with van der Waals surface area (Å²) in [5, 5.41) is 8.10. The molecule has 0 bridgehead atoms. The monoisotopic (exact) mass is 348 g/mol. The first-order chi connectivity index (χ1) is 11.5. The van der Waals surface area contributed by atoms with Crippen LogP contribution in [0.25, 0.3) is 0 Å². The molecule has 0 spiro atoms. The van der Waals surface area contributed by atoms with Crippen LogP contribution in [0, 0.1) is 6.92 Å². The number of methoxy groups -OCH3 is 1. The smallest absolute Gasteiger partial charge is 0.263 e. The lowest BCUT2D eigenvalue weighted by Gasteiger charge is -2.15. The summed E-state index contributed by atoms with van der Waals surface area (Å²) in [5.74, 6) is 1.62. The first-order valence-electron chi connectivity index (χ1n) is 7.76. The Bertz CT molecular complexity index is 816. The molecule has 7 nitrogen and oxygen atoms in total. The Hall–Kier alpha value is -2.35. The Labute approximate surface area is 141 Å². The number of rotatable bonds is 5. The summed E-state index contributed by atoms with van der Waals surface area (Å²) in [4.78, 5) is 2.30. The molecule has 1 aromatic carbocycles. The number of hydrogen-bond donors (Lipinski definition) is 1. The molecule has 1 N–H and O–H groups in total.